The molecule has 0 aromatic carbocycles. The lowest BCUT2D eigenvalue weighted by atomic mass is 9.95. The molecule has 1 amide bonds. The van der Waals surface area contributed by atoms with Crippen LogP contribution >= 0.6 is 0 Å². The van der Waals surface area contributed by atoms with Crippen molar-refractivity contribution < 1.29 is 4.79 Å². The van der Waals surface area contributed by atoms with E-state index >= 15 is 0 Å². The molecule has 0 aromatic heterocycles. The van der Waals surface area contributed by atoms with Gasteiger partial charge in [0.1, 0.15) is 0 Å². The van der Waals surface area contributed by atoms with Gasteiger partial charge in [-0.3, -0.25) is 10.2 Å². The summed E-state index contributed by atoms with van der Waals surface area (Å²) < 4.78 is 0. The average molecular weight is 242 g/mol. The fourth-order valence-corrected chi connectivity index (χ4v) is 2.55. The Morgan fingerprint density at radius 2 is 2.06 bits per heavy atom. The van der Waals surface area contributed by atoms with Crippen LogP contribution in [0.15, 0.2) is 0 Å². The van der Waals surface area contributed by atoms with Crippen LogP contribution in [0.5, 0.6) is 0 Å². The molecule has 1 fully saturated rings. The van der Waals surface area contributed by atoms with Crippen molar-refractivity contribution in [2.75, 3.05) is 33.7 Å². The molecule has 1 unspecified atom stereocenters. The smallest absolute Gasteiger partial charge is 0.235 e. The third kappa shape index (κ3) is 5.02. The van der Waals surface area contributed by atoms with Crippen LogP contribution in [-0.2, 0) is 4.79 Å². The molecule has 0 radical (unpaired) electrons. The quantitative estimate of drug-likeness (QED) is 0.406. The minimum Gasteiger partial charge on any atom is -0.309 e. The van der Waals surface area contributed by atoms with Gasteiger partial charge in [-0.2, -0.15) is 0 Å². The normalized spacial score (nSPS) is 20.5. The largest absolute Gasteiger partial charge is 0.309 e. The summed E-state index contributed by atoms with van der Waals surface area (Å²) in [7, 11) is 4.25. The molecule has 17 heavy (non-hydrogen) atoms. The van der Waals surface area contributed by atoms with Crippen molar-refractivity contribution >= 4 is 5.91 Å². The molecular formula is C12H26N4O. The zero-order chi connectivity index (χ0) is 12.8. The zero-order valence-electron chi connectivity index (χ0n) is 11.3. The van der Waals surface area contributed by atoms with Crippen molar-refractivity contribution in [3.63, 3.8) is 0 Å². The highest BCUT2D eigenvalue weighted by molar-refractivity contribution is 5.75. The van der Waals surface area contributed by atoms with E-state index in [9.17, 15) is 4.79 Å². The van der Waals surface area contributed by atoms with Gasteiger partial charge in [-0.05, 0) is 52.9 Å². The fourth-order valence-electron chi connectivity index (χ4n) is 2.55. The number of nitrogens with one attached hydrogen (secondary N) is 1. The maximum Gasteiger partial charge on any atom is 0.235 e. The van der Waals surface area contributed by atoms with E-state index in [0.717, 1.165) is 19.0 Å². The molecule has 0 bridgehead atoms. The summed E-state index contributed by atoms with van der Waals surface area (Å²) in [5.41, 5.74) is 2.20. The molecule has 0 aromatic rings. The number of carbonyl (C=O) groups is 1. The van der Waals surface area contributed by atoms with Gasteiger partial charge in [0.15, 0.2) is 0 Å². The lowest BCUT2D eigenvalue weighted by molar-refractivity contribution is -0.122. The Labute approximate surface area is 104 Å². The lowest BCUT2D eigenvalue weighted by Gasteiger charge is -2.36. The monoisotopic (exact) mass is 242 g/mol. The number of nitrogens with two attached hydrogens (primary N) is 1. The minimum atomic E-state index is -0.0760. The number of piperidine rings is 1. The Morgan fingerprint density at radius 3 is 2.53 bits per heavy atom. The molecule has 5 heteroatoms. The highest BCUT2D eigenvalue weighted by Gasteiger charge is 2.23. The predicted octanol–water partition coefficient (Wildman–Crippen LogP) is 0.0285. The molecule has 0 spiro atoms. The second-order valence-corrected chi connectivity index (χ2v) is 5.36. The molecule has 100 valence electrons. The molecule has 1 saturated heterocycles. The zero-order valence-corrected chi connectivity index (χ0v) is 11.3. The highest BCUT2D eigenvalue weighted by atomic mass is 16.2. The second-order valence-electron chi connectivity index (χ2n) is 5.36. The summed E-state index contributed by atoms with van der Waals surface area (Å²) in [5.74, 6) is 5.83. The molecular weight excluding hydrogens is 216 g/mol. The summed E-state index contributed by atoms with van der Waals surface area (Å²) >= 11 is 0. The van der Waals surface area contributed by atoms with E-state index in [1.165, 1.54) is 19.4 Å². The maximum absolute atomic E-state index is 11.2. The Balaban J connectivity index is 2.28. The van der Waals surface area contributed by atoms with Crippen LogP contribution in [-0.4, -0.2) is 55.5 Å². The Hall–Kier alpha value is -0.650. The summed E-state index contributed by atoms with van der Waals surface area (Å²) in [6, 6.07) is 0.291. The standard InChI is InChI=1S/C12H26N4O/c1-10(8-12(17)14-13)16-6-4-11(5-7-16)9-15(2)3/h10-11H,4-9,13H2,1-3H3,(H,14,17). The third-order valence-electron chi connectivity index (χ3n) is 3.54. The second kappa shape index (κ2) is 6.93. The number of amides is 1. The van der Waals surface area contributed by atoms with Crippen LogP contribution in [0.3, 0.4) is 0 Å². The third-order valence-corrected chi connectivity index (χ3v) is 3.54. The topological polar surface area (TPSA) is 61.6 Å². The Bertz CT molecular complexity index is 237. The molecule has 1 atom stereocenters. The SMILES string of the molecule is CC(CC(=O)NN)N1CCC(CN(C)C)CC1. The number of rotatable bonds is 5. The van der Waals surface area contributed by atoms with Crippen LogP contribution < -0.4 is 11.3 Å². The molecule has 1 aliphatic rings. The van der Waals surface area contributed by atoms with Gasteiger partial charge in [-0.1, -0.05) is 0 Å². The molecule has 1 heterocycles. The molecule has 1 aliphatic heterocycles. The van der Waals surface area contributed by atoms with E-state index in [0.29, 0.717) is 12.5 Å². The first-order valence-electron chi connectivity index (χ1n) is 6.41. The number of nitrogens with zero attached hydrogens (tertiary/aromatic N) is 2. The van der Waals surface area contributed by atoms with Crippen molar-refractivity contribution in [2.24, 2.45) is 11.8 Å². The Morgan fingerprint density at radius 1 is 1.47 bits per heavy atom. The molecule has 5 nitrogen and oxygen atoms in total. The van der Waals surface area contributed by atoms with Gasteiger partial charge in [0.05, 0.1) is 0 Å². The van der Waals surface area contributed by atoms with Crippen molar-refractivity contribution in [2.45, 2.75) is 32.2 Å². The van der Waals surface area contributed by atoms with E-state index in [-0.39, 0.29) is 5.91 Å². The van der Waals surface area contributed by atoms with Crippen LogP contribution in [0, 0.1) is 5.92 Å². The van der Waals surface area contributed by atoms with E-state index in [1.807, 2.05) is 0 Å². The molecule has 1 rings (SSSR count). The van der Waals surface area contributed by atoms with Gasteiger partial charge >= 0.3 is 0 Å². The van der Waals surface area contributed by atoms with Gasteiger partial charge in [-0.15, -0.1) is 0 Å². The fraction of sp³-hybridized carbons (Fsp3) is 0.917. The highest BCUT2D eigenvalue weighted by Crippen LogP contribution is 2.20. The number of hydrazine groups is 1. The van der Waals surface area contributed by atoms with Gasteiger partial charge in [-0.25, -0.2) is 5.84 Å². The Kier molecular flexibility index (Phi) is 5.88. The van der Waals surface area contributed by atoms with Gasteiger partial charge in [0.25, 0.3) is 0 Å². The number of hydrogen-bond donors (Lipinski definition) is 2. The van der Waals surface area contributed by atoms with Crippen LogP contribution in [0.25, 0.3) is 0 Å². The first-order valence-corrected chi connectivity index (χ1v) is 6.41. The van der Waals surface area contributed by atoms with E-state index in [4.69, 9.17) is 5.84 Å². The molecule has 0 aliphatic carbocycles. The molecule has 0 saturated carbocycles. The summed E-state index contributed by atoms with van der Waals surface area (Å²) in [6.07, 6.45) is 2.95. The van der Waals surface area contributed by atoms with E-state index < -0.39 is 0 Å². The van der Waals surface area contributed by atoms with Crippen LogP contribution in [0.4, 0.5) is 0 Å². The first-order chi connectivity index (χ1) is 8.02. The van der Waals surface area contributed by atoms with E-state index in [1.54, 1.807) is 0 Å². The van der Waals surface area contributed by atoms with Gasteiger partial charge in [0.2, 0.25) is 5.91 Å². The van der Waals surface area contributed by atoms with Gasteiger partial charge in [0, 0.05) is 19.0 Å². The number of hydrogen-bond acceptors (Lipinski definition) is 4. The van der Waals surface area contributed by atoms with Crippen LogP contribution in [0.1, 0.15) is 26.2 Å². The average Bonchev–Trinajstić information content (AvgIpc) is 2.28. The number of likely N-dealkylation sites (tertiary alicyclic amines) is 1. The van der Waals surface area contributed by atoms with Crippen molar-refractivity contribution in [3.8, 4) is 0 Å². The summed E-state index contributed by atoms with van der Waals surface area (Å²) in [4.78, 5) is 15.9. The van der Waals surface area contributed by atoms with Crippen molar-refractivity contribution in [3.05, 3.63) is 0 Å². The van der Waals surface area contributed by atoms with Crippen molar-refractivity contribution in [1.82, 2.24) is 15.2 Å². The predicted molar refractivity (Wildman–Crippen MR) is 69.3 cm³/mol. The number of carbonyl (C=O) groups excluding carboxylic acids is 1. The van der Waals surface area contributed by atoms with Gasteiger partial charge < -0.3 is 9.80 Å². The first kappa shape index (κ1) is 14.4. The summed E-state index contributed by atoms with van der Waals surface area (Å²) in [6.45, 7) is 5.46. The molecule has 3 N–H and O–H groups in total. The maximum atomic E-state index is 11.2. The minimum absolute atomic E-state index is 0.0760. The van der Waals surface area contributed by atoms with Crippen molar-refractivity contribution in [1.29, 1.82) is 0 Å². The summed E-state index contributed by atoms with van der Waals surface area (Å²) in [5, 5.41) is 0. The van der Waals surface area contributed by atoms with Crippen LogP contribution in [0.2, 0.25) is 0 Å². The lowest BCUT2D eigenvalue weighted by Crippen LogP contribution is -2.44. The van der Waals surface area contributed by atoms with E-state index in [2.05, 4.69) is 36.2 Å².